The van der Waals surface area contributed by atoms with E-state index >= 15 is 0 Å². The number of ether oxygens (including phenoxy) is 1. The van der Waals surface area contributed by atoms with Crippen LogP contribution in [-0.2, 0) is 0 Å². The molecule has 0 saturated carbocycles. The van der Waals surface area contributed by atoms with Crippen molar-refractivity contribution in [1.82, 2.24) is 0 Å². The number of hydrogen-bond donors (Lipinski definition) is 1. The number of rotatable bonds is 3. The van der Waals surface area contributed by atoms with Gasteiger partial charge in [0.1, 0.15) is 23.2 Å². The maximum Gasteiger partial charge on any atom is 0.134 e. The van der Waals surface area contributed by atoms with Gasteiger partial charge in [0.05, 0.1) is 6.61 Å². The van der Waals surface area contributed by atoms with Crippen molar-refractivity contribution in [2.24, 2.45) is 5.41 Å². The van der Waals surface area contributed by atoms with E-state index in [2.05, 4.69) is 0 Å². The highest BCUT2D eigenvalue weighted by atomic mass is 16.5. The topological polar surface area (TPSA) is 42.6 Å². The molecule has 0 saturated heterocycles. The standard InChI is InChI=1S/C15H20O3/c1-5-17-11-6-7-12-10(8-11)9-13(18-12)14(16)15(2,3)4/h6-9,14,16H,5H2,1-4H3. The Labute approximate surface area is 107 Å². The first-order valence-electron chi connectivity index (χ1n) is 6.26. The summed E-state index contributed by atoms with van der Waals surface area (Å²) in [6, 6.07) is 7.57. The van der Waals surface area contributed by atoms with Gasteiger partial charge in [-0.2, -0.15) is 0 Å². The van der Waals surface area contributed by atoms with Crippen LogP contribution in [0, 0.1) is 5.41 Å². The third-order valence-electron chi connectivity index (χ3n) is 2.91. The second-order valence-electron chi connectivity index (χ2n) is 5.55. The number of hydrogen-bond acceptors (Lipinski definition) is 3. The highest BCUT2D eigenvalue weighted by Gasteiger charge is 2.26. The lowest BCUT2D eigenvalue weighted by atomic mass is 9.88. The maximum atomic E-state index is 10.2. The molecule has 0 radical (unpaired) electrons. The molecule has 0 aliphatic heterocycles. The van der Waals surface area contributed by atoms with Crippen molar-refractivity contribution in [2.75, 3.05) is 6.61 Å². The number of aliphatic hydroxyl groups is 1. The van der Waals surface area contributed by atoms with Crippen molar-refractivity contribution in [2.45, 2.75) is 33.8 Å². The summed E-state index contributed by atoms with van der Waals surface area (Å²) in [5.74, 6) is 1.42. The van der Waals surface area contributed by atoms with Crippen molar-refractivity contribution in [1.29, 1.82) is 0 Å². The molecule has 2 aromatic rings. The van der Waals surface area contributed by atoms with E-state index in [0.29, 0.717) is 12.4 Å². The van der Waals surface area contributed by atoms with Gasteiger partial charge in [0.15, 0.2) is 0 Å². The summed E-state index contributed by atoms with van der Waals surface area (Å²) < 4.78 is 11.1. The molecule has 2 rings (SSSR count). The molecule has 0 aliphatic carbocycles. The van der Waals surface area contributed by atoms with Gasteiger partial charge in [-0.1, -0.05) is 20.8 Å². The molecule has 0 fully saturated rings. The first-order valence-corrected chi connectivity index (χ1v) is 6.26. The van der Waals surface area contributed by atoms with Crippen LogP contribution in [0.25, 0.3) is 11.0 Å². The van der Waals surface area contributed by atoms with E-state index in [1.165, 1.54) is 0 Å². The molecule has 18 heavy (non-hydrogen) atoms. The van der Waals surface area contributed by atoms with E-state index in [1.54, 1.807) is 0 Å². The SMILES string of the molecule is CCOc1ccc2oc(C(O)C(C)(C)C)cc2c1. The van der Waals surface area contributed by atoms with Gasteiger partial charge in [-0.25, -0.2) is 0 Å². The Morgan fingerprint density at radius 3 is 2.61 bits per heavy atom. The van der Waals surface area contributed by atoms with Crippen molar-refractivity contribution >= 4 is 11.0 Å². The fourth-order valence-corrected chi connectivity index (χ4v) is 1.86. The summed E-state index contributed by atoms with van der Waals surface area (Å²) >= 11 is 0. The fraction of sp³-hybridized carbons (Fsp3) is 0.467. The molecule has 1 atom stereocenters. The smallest absolute Gasteiger partial charge is 0.134 e. The second kappa shape index (κ2) is 4.65. The third-order valence-corrected chi connectivity index (χ3v) is 2.91. The van der Waals surface area contributed by atoms with Crippen molar-refractivity contribution in [3.63, 3.8) is 0 Å². The molecule has 3 nitrogen and oxygen atoms in total. The van der Waals surface area contributed by atoms with Gasteiger partial charge in [-0.15, -0.1) is 0 Å². The predicted molar refractivity (Wildman–Crippen MR) is 71.8 cm³/mol. The molecule has 1 aromatic heterocycles. The molecule has 1 N–H and O–H groups in total. The second-order valence-corrected chi connectivity index (χ2v) is 5.55. The summed E-state index contributed by atoms with van der Waals surface area (Å²) in [5.41, 5.74) is 0.535. The van der Waals surface area contributed by atoms with Gasteiger partial charge in [0, 0.05) is 5.39 Å². The number of benzene rings is 1. The van der Waals surface area contributed by atoms with Crippen molar-refractivity contribution < 1.29 is 14.3 Å². The summed E-state index contributed by atoms with van der Waals surface area (Å²) in [4.78, 5) is 0. The highest BCUT2D eigenvalue weighted by Crippen LogP contribution is 2.36. The van der Waals surface area contributed by atoms with E-state index in [-0.39, 0.29) is 5.41 Å². The summed E-state index contributed by atoms with van der Waals surface area (Å²) in [7, 11) is 0. The van der Waals surface area contributed by atoms with Crippen LogP contribution in [0.2, 0.25) is 0 Å². The van der Waals surface area contributed by atoms with Crippen LogP contribution in [0.4, 0.5) is 0 Å². The van der Waals surface area contributed by atoms with E-state index in [0.717, 1.165) is 16.7 Å². The largest absolute Gasteiger partial charge is 0.494 e. The van der Waals surface area contributed by atoms with Crippen LogP contribution in [0.15, 0.2) is 28.7 Å². The van der Waals surface area contributed by atoms with E-state index in [4.69, 9.17) is 9.15 Å². The molecule has 1 unspecified atom stereocenters. The predicted octanol–water partition coefficient (Wildman–Crippen LogP) is 3.91. The molecule has 3 heteroatoms. The average molecular weight is 248 g/mol. The maximum absolute atomic E-state index is 10.2. The van der Waals surface area contributed by atoms with Crippen molar-refractivity contribution in [3.8, 4) is 5.75 Å². The van der Waals surface area contributed by atoms with Crippen LogP contribution in [0.5, 0.6) is 5.75 Å². The number of fused-ring (bicyclic) bond motifs is 1. The Morgan fingerprint density at radius 1 is 1.28 bits per heavy atom. The van der Waals surface area contributed by atoms with Gasteiger partial charge in [0.25, 0.3) is 0 Å². The van der Waals surface area contributed by atoms with Crippen LogP contribution >= 0.6 is 0 Å². The lowest BCUT2D eigenvalue weighted by Crippen LogP contribution is -2.16. The Kier molecular flexibility index (Phi) is 3.35. The van der Waals surface area contributed by atoms with E-state index in [1.807, 2.05) is 52.0 Å². The zero-order valence-electron chi connectivity index (χ0n) is 11.4. The van der Waals surface area contributed by atoms with Gasteiger partial charge >= 0.3 is 0 Å². The van der Waals surface area contributed by atoms with Crippen molar-refractivity contribution in [3.05, 3.63) is 30.0 Å². The zero-order valence-corrected chi connectivity index (χ0v) is 11.4. The fourth-order valence-electron chi connectivity index (χ4n) is 1.86. The van der Waals surface area contributed by atoms with Gasteiger partial charge < -0.3 is 14.3 Å². The zero-order chi connectivity index (χ0) is 13.3. The van der Waals surface area contributed by atoms with Gasteiger partial charge in [-0.3, -0.25) is 0 Å². The van der Waals surface area contributed by atoms with Crippen LogP contribution in [0.3, 0.4) is 0 Å². The van der Waals surface area contributed by atoms with Gasteiger partial charge in [-0.05, 0) is 36.6 Å². The van der Waals surface area contributed by atoms with E-state index < -0.39 is 6.10 Å². The minimum Gasteiger partial charge on any atom is -0.494 e. The third kappa shape index (κ3) is 2.51. The molecule has 98 valence electrons. The summed E-state index contributed by atoms with van der Waals surface area (Å²) in [6.45, 7) is 8.54. The summed E-state index contributed by atoms with van der Waals surface area (Å²) in [6.07, 6.45) is -0.611. The first-order chi connectivity index (χ1) is 8.41. The number of furan rings is 1. The van der Waals surface area contributed by atoms with Crippen LogP contribution < -0.4 is 4.74 Å². The monoisotopic (exact) mass is 248 g/mol. The lowest BCUT2D eigenvalue weighted by molar-refractivity contribution is 0.0448. The Balaban J connectivity index is 2.38. The Hall–Kier alpha value is -1.48. The minimum atomic E-state index is -0.611. The first kappa shape index (κ1) is 13.0. The molecule has 1 aromatic carbocycles. The molecular formula is C15H20O3. The molecule has 1 heterocycles. The minimum absolute atomic E-state index is 0.239. The van der Waals surface area contributed by atoms with E-state index in [9.17, 15) is 5.11 Å². The average Bonchev–Trinajstić information content (AvgIpc) is 2.70. The Bertz CT molecular complexity index is 534. The molecule has 0 amide bonds. The molecule has 0 spiro atoms. The molecular weight excluding hydrogens is 228 g/mol. The Morgan fingerprint density at radius 2 is 2.00 bits per heavy atom. The molecule has 0 bridgehead atoms. The molecule has 0 aliphatic rings. The quantitative estimate of drug-likeness (QED) is 0.895. The van der Waals surface area contributed by atoms with Crippen LogP contribution in [0.1, 0.15) is 39.6 Å². The normalized spacial score (nSPS) is 13.8. The highest BCUT2D eigenvalue weighted by molar-refractivity contribution is 5.79. The lowest BCUT2D eigenvalue weighted by Gasteiger charge is -2.23. The summed E-state index contributed by atoms with van der Waals surface area (Å²) in [5, 5.41) is 11.2. The van der Waals surface area contributed by atoms with Gasteiger partial charge in [0.2, 0.25) is 0 Å². The number of aliphatic hydroxyl groups excluding tert-OH is 1. The van der Waals surface area contributed by atoms with Crippen LogP contribution in [-0.4, -0.2) is 11.7 Å².